The number of nitrogens with one attached hydrogen (secondary N) is 1. The molecule has 2 aliphatic heterocycles. The van der Waals surface area contributed by atoms with Crippen molar-refractivity contribution in [1.82, 2.24) is 20.0 Å². The minimum absolute atomic E-state index is 0.625. The third-order valence-corrected chi connectivity index (χ3v) is 5.26. The Bertz CT molecular complexity index is 435. The molecule has 1 aromatic heterocycles. The maximum Gasteiger partial charge on any atom is 0.205 e. The molecule has 0 amide bonds. The lowest BCUT2D eigenvalue weighted by atomic mass is 10.1. The van der Waals surface area contributed by atoms with E-state index in [0.717, 1.165) is 35.7 Å². The van der Waals surface area contributed by atoms with Crippen molar-refractivity contribution in [3.8, 4) is 0 Å². The summed E-state index contributed by atoms with van der Waals surface area (Å²) < 4.78 is 0. The number of aromatic nitrogens is 2. The van der Waals surface area contributed by atoms with Crippen LogP contribution in [0.15, 0.2) is 0 Å². The van der Waals surface area contributed by atoms with Gasteiger partial charge in [-0.1, -0.05) is 18.3 Å². The van der Waals surface area contributed by atoms with Gasteiger partial charge >= 0.3 is 0 Å². The van der Waals surface area contributed by atoms with Crippen LogP contribution < -0.4 is 5.32 Å². The van der Waals surface area contributed by atoms with Crippen LogP contribution in [0.2, 0.25) is 0 Å². The van der Waals surface area contributed by atoms with E-state index in [0.29, 0.717) is 6.04 Å². The number of fused-ring (bicyclic) bond motifs is 1. The first-order valence-corrected chi connectivity index (χ1v) is 8.62. The molecule has 20 heavy (non-hydrogen) atoms. The molecular formula is C14H25N5S. The molecule has 3 rings (SSSR count). The Morgan fingerprint density at radius 1 is 1.35 bits per heavy atom. The smallest absolute Gasteiger partial charge is 0.205 e. The van der Waals surface area contributed by atoms with Gasteiger partial charge in [0.1, 0.15) is 5.01 Å². The van der Waals surface area contributed by atoms with Crippen LogP contribution in [-0.4, -0.2) is 58.3 Å². The van der Waals surface area contributed by atoms with E-state index >= 15 is 0 Å². The molecule has 2 fully saturated rings. The molecule has 6 heteroatoms. The number of hydrogen-bond donors (Lipinski definition) is 1. The van der Waals surface area contributed by atoms with Gasteiger partial charge in [-0.3, -0.25) is 9.80 Å². The summed E-state index contributed by atoms with van der Waals surface area (Å²) in [5, 5.41) is 14.0. The zero-order valence-corrected chi connectivity index (χ0v) is 13.3. The molecule has 0 saturated carbocycles. The SMILES string of the molecule is CCCNc1nnc(CN2CC3CCCN3CC2C)s1. The van der Waals surface area contributed by atoms with E-state index < -0.39 is 0 Å². The van der Waals surface area contributed by atoms with Crippen LogP contribution in [-0.2, 0) is 6.54 Å². The van der Waals surface area contributed by atoms with Crippen molar-refractivity contribution in [2.45, 2.75) is 51.7 Å². The Balaban J connectivity index is 1.57. The molecule has 3 heterocycles. The van der Waals surface area contributed by atoms with Gasteiger partial charge in [-0.15, -0.1) is 10.2 Å². The normalized spacial score (nSPS) is 27.7. The molecule has 0 bridgehead atoms. The first-order chi connectivity index (χ1) is 9.76. The maximum absolute atomic E-state index is 4.33. The van der Waals surface area contributed by atoms with Crippen LogP contribution >= 0.6 is 11.3 Å². The third kappa shape index (κ3) is 3.13. The summed E-state index contributed by atoms with van der Waals surface area (Å²) >= 11 is 1.71. The molecule has 0 aromatic carbocycles. The predicted molar refractivity (Wildman–Crippen MR) is 83.2 cm³/mol. The molecule has 2 saturated heterocycles. The van der Waals surface area contributed by atoms with Gasteiger partial charge in [0.15, 0.2) is 0 Å². The van der Waals surface area contributed by atoms with Crippen molar-refractivity contribution >= 4 is 16.5 Å². The molecule has 2 aliphatic rings. The molecule has 0 spiro atoms. The molecule has 1 N–H and O–H groups in total. The van der Waals surface area contributed by atoms with Gasteiger partial charge < -0.3 is 5.32 Å². The van der Waals surface area contributed by atoms with E-state index in [-0.39, 0.29) is 0 Å². The van der Waals surface area contributed by atoms with Crippen molar-refractivity contribution in [3.63, 3.8) is 0 Å². The van der Waals surface area contributed by atoms with Crippen molar-refractivity contribution in [2.75, 3.05) is 31.5 Å². The van der Waals surface area contributed by atoms with Gasteiger partial charge in [-0.2, -0.15) is 0 Å². The molecule has 1 aromatic rings. The fourth-order valence-corrected chi connectivity index (χ4v) is 4.05. The lowest BCUT2D eigenvalue weighted by Crippen LogP contribution is -2.54. The van der Waals surface area contributed by atoms with Crippen molar-refractivity contribution in [2.24, 2.45) is 0 Å². The average molecular weight is 295 g/mol. The van der Waals surface area contributed by atoms with E-state index in [4.69, 9.17) is 0 Å². The van der Waals surface area contributed by atoms with Crippen LogP contribution in [0.5, 0.6) is 0 Å². The van der Waals surface area contributed by atoms with E-state index in [1.165, 1.54) is 32.5 Å². The van der Waals surface area contributed by atoms with E-state index in [1.807, 2.05) is 0 Å². The largest absolute Gasteiger partial charge is 0.360 e. The van der Waals surface area contributed by atoms with Crippen molar-refractivity contribution in [3.05, 3.63) is 5.01 Å². The molecule has 5 nitrogen and oxygen atoms in total. The van der Waals surface area contributed by atoms with Crippen LogP contribution in [0.25, 0.3) is 0 Å². The lowest BCUT2D eigenvalue weighted by molar-refractivity contribution is 0.0538. The molecule has 0 aliphatic carbocycles. The van der Waals surface area contributed by atoms with E-state index in [1.54, 1.807) is 11.3 Å². The Hall–Kier alpha value is -0.720. The summed E-state index contributed by atoms with van der Waals surface area (Å²) in [5.41, 5.74) is 0. The van der Waals surface area contributed by atoms with E-state index in [2.05, 4.69) is 39.2 Å². The summed E-state index contributed by atoms with van der Waals surface area (Å²) in [7, 11) is 0. The van der Waals surface area contributed by atoms with Gasteiger partial charge in [0.05, 0.1) is 6.54 Å². The zero-order chi connectivity index (χ0) is 13.9. The van der Waals surface area contributed by atoms with Gasteiger partial charge in [-0.25, -0.2) is 0 Å². The van der Waals surface area contributed by atoms with Crippen LogP contribution in [0.1, 0.15) is 38.1 Å². The minimum Gasteiger partial charge on any atom is -0.360 e. The van der Waals surface area contributed by atoms with Crippen LogP contribution in [0.3, 0.4) is 0 Å². The second-order valence-electron chi connectivity index (χ2n) is 6.00. The summed E-state index contributed by atoms with van der Waals surface area (Å²) in [6.07, 6.45) is 3.85. The molecule has 0 radical (unpaired) electrons. The number of rotatable bonds is 5. The quantitative estimate of drug-likeness (QED) is 0.900. The number of hydrogen-bond acceptors (Lipinski definition) is 6. The van der Waals surface area contributed by atoms with Crippen LogP contribution in [0, 0.1) is 0 Å². The van der Waals surface area contributed by atoms with Gasteiger partial charge in [-0.05, 0) is 32.7 Å². The highest BCUT2D eigenvalue weighted by molar-refractivity contribution is 7.15. The highest BCUT2D eigenvalue weighted by Gasteiger charge is 2.34. The van der Waals surface area contributed by atoms with Crippen LogP contribution in [0.4, 0.5) is 5.13 Å². The van der Waals surface area contributed by atoms with E-state index in [9.17, 15) is 0 Å². The summed E-state index contributed by atoms with van der Waals surface area (Å²) in [4.78, 5) is 5.24. The maximum atomic E-state index is 4.33. The van der Waals surface area contributed by atoms with Gasteiger partial charge in [0.2, 0.25) is 5.13 Å². The van der Waals surface area contributed by atoms with Gasteiger partial charge in [0, 0.05) is 31.7 Å². The fraction of sp³-hybridized carbons (Fsp3) is 0.857. The number of piperazine rings is 1. The first kappa shape index (κ1) is 14.2. The molecule has 112 valence electrons. The zero-order valence-electron chi connectivity index (χ0n) is 12.5. The summed E-state index contributed by atoms with van der Waals surface area (Å²) in [6.45, 7) is 10.1. The number of anilines is 1. The second-order valence-corrected chi connectivity index (χ2v) is 7.06. The third-order valence-electron chi connectivity index (χ3n) is 4.40. The highest BCUT2D eigenvalue weighted by atomic mass is 32.1. The summed E-state index contributed by atoms with van der Waals surface area (Å²) in [6, 6.07) is 1.40. The second kappa shape index (κ2) is 6.37. The Kier molecular flexibility index (Phi) is 4.53. The highest BCUT2D eigenvalue weighted by Crippen LogP contribution is 2.26. The molecule has 2 unspecified atom stereocenters. The molecular weight excluding hydrogens is 270 g/mol. The standard InChI is InChI=1S/C14H25N5S/c1-3-6-15-14-17-16-13(20-14)10-19-9-12-5-4-7-18(12)8-11(19)2/h11-12H,3-10H2,1-2H3,(H,15,17). The van der Waals surface area contributed by atoms with Crippen molar-refractivity contribution in [1.29, 1.82) is 0 Å². The first-order valence-electron chi connectivity index (χ1n) is 7.80. The number of nitrogens with zero attached hydrogens (tertiary/aromatic N) is 4. The monoisotopic (exact) mass is 295 g/mol. The average Bonchev–Trinajstić information content (AvgIpc) is 3.06. The summed E-state index contributed by atoms with van der Waals surface area (Å²) in [5.74, 6) is 0. The molecule has 2 atom stereocenters. The topological polar surface area (TPSA) is 44.3 Å². The van der Waals surface area contributed by atoms with Crippen molar-refractivity contribution < 1.29 is 0 Å². The fourth-order valence-electron chi connectivity index (χ4n) is 3.26. The lowest BCUT2D eigenvalue weighted by Gasteiger charge is -2.41. The Labute approximate surface area is 125 Å². The predicted octanol–water partition coefficient (Wildman–Crippen LogP) is 2.03. The Morgan fingerprint density at radius 2 is 2.25 bits per heavy atom. The van der Waals surface area contributed by atoms with Gasteiger partial charge in [0.25, 0.3) is 0 Å². The Morgan fingerprint density at radius 3 is 3.10 bits per heavy atom. The minimum atomic E-state index is 0.625.